The van der Waals surface area contributed by atoms with E-state index in [1.54, 1.807) is 0 Å². The minimum absolute atomic E-state index is 0.0933. The molecule has 2 rings (SSSR count). The Labute approximate surface area is 195 Å². The first kappa shape index (κ1) is 26.4. The van der Waals surface area contributed by atoms with Crippen LogP contribution >= 0.6 is 0 Å². The summed E-state index contributed by atoms with van der Waals surface area (Å²) in [5.74, 6) is 1.54. The lowest BCUT2D eigenvalue weighted by Crippen LogP contribution is -2.51. The number of hydrogen-bond donors (Lipinski definition) is 0. The number of anilines is 1. The molecule has 180 valence electrons. The first-order valence-electron chi connectivity index (χ1n) is 11.9. The number of carbonyl (C=O) groups is 1. The van der Waals surface area contributed by atoms with Crippen LogP contribution in [0, 0.1) is 6.92 Å². The molecule has 6 nitrogen and oxygen atoms in total. The Hall–Kier alpha value is -1.86. The molecule has 1 aliphatic heterocycles. The van der Waals surface area contributed by atoms with Crippen LogP contribution in [0.2, 0.25) is 16.6 Å². The summed E-state index contributed by atoms with van der Waals surface area (Å²) in [7, 11) is -0.705. The summed E-state index contributed by atoms with van der Waals surface area (Å²) in [5.41, 5.74) is 2.36. The smallest absolute Gasteiger partial charge is 0.305 e. The zero-order chi connectivity index (χ0) is 24.1. The van der Waals surface area contributed by atoms with Crippen molar-refractivity contribution in [3.63, 3.8) is 0 Å². The summed E-state index contributed by atoms with van der Waals surface area (Å²) in [4.78, 5) is 22.6. The second-order valence-electron chi connectivity index (χ2n) is 9.74. The van der Waals surface area contributed by atoms with Gasteiger partial charge in [-0.1, -0.05) is 47.6 Å². The van der Waals surface area contributed by atoms with Gasteiger partial charge in [-0.05, 0) is 61.5 Å². The van der Waals surface area contributed by atoms with E-state index in [-0.39, 0.29) is 18.1 Å². The fourth-order valence-electron chi connectivity index (χ4n) is 4.97. The van der Waals surface area contributed by atoms with Crippen LogP contribution in [-0.4, -0.2) is 38.5 Å². The Morgan fingerprint density at radius 2 is 1.78 bits per heavy atom. The largest absolute Gasteiger partial charge is 0.544 e. The van der Waals surface area contributed by atoms with Crippen molar-refractivity contribution in [3.05, 3.63) is 35.7 Å². The van der Waals surface area contributed by atoms with Gasteiger partial charge < -0.3 is 9.16 Å². The Kier molecular flexibility index (Phi) is 9.34. The number of aromatic nitrogens is 1. The van der Waals surface area contributed by atoms with Crippen molar-refractivity contribution >= 4 is 20.1 Å². The normalized spacial score (nSPS) is 19.5. The maximum atomic E-state index is 11.6. The van der Waals surface area contributed by atoms with Crippen molar-refractivity contribution < 1.29 is 18.8 Å². The van der Waals surface area contributed by atoms with Gasteiger partial charge in [0.15, 0.2) is 5.82 Å². The van der Waals surface area contributed by atoms with E-state index >= 15 is 0 Å². The number of ether oxygens (including phenoxy) is 1. The summed E-state index contributed by atoms with van der Waals surface area (Å²) in [6.07, 6.45) is 3.71. The molecule has 0 radical (unpaired) electrons. The number of aryl methyl sites for hydroxylation is 1. The number of esters is 1. The van der Waals surface area contributed by atoms with Crippen LogP contribution in [0.4, 0.5) is 5.82 Å². The van der Waals surface area contributed by atoms with E-state index in [1.807, 2.05) is 30.2 Å². The van der Waals surface area contributed by atoms with Crippen LogP contribution in [0.15, 0.2) is 30.0 Å². The third kappa shape index (κ3) is 5.92. The first-order valence-corrected chi connectivity index (χ1v) is 14.0. The van der Waals surface area contributed by atoms with E-state index < -0.39 is 8.32 Å². The fourth-order valence-corrected chi connectivity index (χ4v) is 10.3. The van der Waals surface area contributed by atoms with Gasteiger partial charge in [-0.3, -0.25) is 9.63 Å². The molecule has 0 saturated heterocycles. The Morgan fingerprint density at radius 1 is 1.16 bits per heavy atom. The third-order valence-electron chi connectivity index (χ3n) is 6.56. The summed E-state index contributed by atoms with van der Waals surface area (Å²) in [6.45, 7) is 17.9. The van der Waals surface area contributed by atoms with E-state index in [0.717, 1.165) is 17.3 Å². The van der Waals surface area contributed by atoms with E-state index in [9.17, 15) is 4.79 Å². The summed E-state index contributed by atoms with van der Waals surface area (Å²) < 4.78 is 11.9. The number of hydroxylamine groups is 1. The highest BCUT2D eigenvalue weighted by atomic mass is 28.4. The van der Waals surface area contributed by atoms with E-state index in [4.69, 9.17) is 19.0 Å². The van der Waals surface area contributed by atoms with Gasteiger partial charge in [0.05, 0.1) is 7.11 Å². The molecular weight excluding hydrogens is 420 g/mol. The second kappa shape index (κ2) is 11.3. The lowest BCUT2D eigenvalue weighted by Gasteiger charge is -2.46. The van der Waals surface area contributed by atoms with Gasteiger partial charge in [0.1, 0.15) is 17.9 Å². The molecule has 0 spiro atoms. The number of methoxy groups -OCH3 is 1. The zero-order valence-electron chi connectivity index (χ0n) is 21.3. The molecule has 0 aromatic carbocycles. The maximum Gasteiger partial charge on any atom is 0.305 e. The van der Waals surface area contributed by atoms with Gasteiger partial charge in [0, 0.05) is 12.1 Å². The summed E-state index contributed by atoms with van der Waals surface area (Å²) in [5, 5.41) is 1.88. The Bertz CT molecular complexity index is 772. The van der Waals surface area contributed by atoms with E-state index in [2.05, 4.69) is 54.5 Å². The first-order chi connectivity index (χ1) is 15.0. The average Bonchev–Trinajstić information content (AvgIpc) is 2.72. The topological polar surface area (TPSA) is 60.9 Å². The van der Waals surface area contributed by atoms with Crippen LogP contribution in [-0.2, 0) is 18.8 Å². The van der Waals surface area contributed by atoms with Gasteiger partial charge in [0.2, 0.25) is 0 Å². The Balaban J connectivity index is 2.40. The highest BCUT2D eigenvalue weighted by molar-refractivity contribution is 6.77. The second-order valence-corrected chi connectivity index (χ2v) is 15.1. The summed E-state index contributed by atoms with van der Waals surface area (Å²) >= 11 is 0. The molecule has 7 heteroatoms. The van der Waals surface area contributed by atoms with Crippen LogP contribution < -0.4 is 5.06 Å². The zero-order valence-corrected chi connectivity index (χ0v) is 22.3. The third-order valence-corrected chi connectivity index (χ3v) is 12.6. The molecule has 0 aliphatic carbocycles. The van der Waals surface area contributed by atoms with Gasteiger partial charge in [-0.2, -0.15) is 0 Å². The molecule has 1 aromatic rings. The molecule has 2 heterocycles. The SMILES string of the molecule is COC(=O)CCC[C@H]1C=C(O[Si](C(C)C)(C(C)C)C(C)C)[C@@H](C)N(c2cccc(C)n2)O1. The monoisotopic (exact) mass is 462 g/mol. The van der Waals surface area contributed by atoms with Crippen molar-refractivity contribution in [2.75, 3.05) is 12.2 Å². The lowest BCUT2D eigenvalue weighted by molar-refractivity contribution is -0.140. The van der Waals surface area contributed by atoms with Gasteiger partial charge in [-0.25, -0.2) is 10.0 Å². The molecule has 2 atom stereocenters. The maximum absolute atomic E-state index is 11.6. The minimum atomic E-state index is -2.13. The van der Waals surface area contributed by atoms with Crippen LogP contribution in [0.3, 0.4) is 0 Å². The van der Waals surface area contributed by atoms with Crippen molar-refractivity contribution in [3.8, 4) is 0 Å². The number of rotatable bonds is 10. The lowest BCUT2D eigenvalue weighted by atomic mass is 10.1. The molecule has 1 aromatic heterocycles. The van der Waals surface area contributed by atoms with Crippen molar-refractivity contribution in [2.24, 2.45) is 0 Å². The van der Waals surface area contributed by atoms with Crippen molar-refractivity contribution in [1.82, 2.24) is 4.98 Å². The van der Waals surface area contributed by atoms with Crippen LogP contribution in [0.25, 0.3) is 0 Å². The molecule has 0 N–H and O–H groups in total. The number of nitrogens with zero attached hydrogens (tertiary/aromatic N) is 2. The molecule has 0 saturated carbocycles. The van der Waals surface area contributed by atoms with Crippen molar-refractivity contribution in [2.45, 2.75) is 103 Å². The number of carbonyl (C=O) groups excluding carboxylic acids is 1. The molecule has 0 unspecified atom stereocenters. The molecule has 0 amide bonds. The Morgan fingerprint density at radius 3 is 2.31 bits per heavy atom. The predicted molar refractivity (Wildman–Crippen MR) is 132 cm³/mol. The van der Waals surface area contributed by atoms with Crippen molar-refractivity contribution in [1.29, 1.82) is 0 Å². The molecule has 1 aliphatic rings. The van der Waals surface area contributed by atoms with Gasteiger partial charge in [-0.15, -0.1) is 0 Å². The highest BCUT2D eigenvalue weighted by Crippen LogP contribution is 2.45. The highest BCUT2D eigenvalue weighted by Gasteiger charge is 2.48. The molecule has 0 fully saturated rings. The van der Waals surface area contributed by atoms with Gasteiger partial charge >= 0.3 is 5.97 Å². The van der Waals surface area contributed by atoms with Crippen LogP contribution in [0.1, 0.15) is 73.4 Å². The summed E-state index contributed by atoms with van der Waals surface area (Å²) in [6, 6.07) is 5.85. The number of pyridine rings is 1. The standard InChI is InChI=1S/C25H42N2O4Si/c1-17(2)32(18(3)4,19(5)6)31-23-16-22(13-11-15-25(28)29-9)30-27(21(23)8)24-14-10-12-20(7)26-24/h10,12,14,16-19,21-22H,11,13,15H2,1-9H3/t21-,22+/m1/s1. The fraction of sp³-hybridized carbons (Fsp3) is 0.680. The molecular formula is C25H42N2O4Si. The average molecular weight is 463 g/mol. The minimum Gasteiger partial charge on any atom is -0.544 e. The molecule has 32 heavy (non-hydrogen) atoms. The number of hydrogen-bond acceptors (Lipinski definition) is 6. The quantitative estimate of drug-likeness (QED) is 0.300. The van der Waals surface area contributed by atoms with Crippen LogP contribution in [0.5, 0.6) is 0 Å². The van der Waals surface area contributed by atoms with Gasteiger partial charge in [0.25, 0.3) is 8.32 Å². The predicted octanol–water partition coefficient (Wildman–Crippen LogP) is 6.32. The molecule has 0 bridgehead atoms. The van der Waals surface area contributed by atoms with E-state index in [0.29, 0.717) is 35.9 Å². The van der Waals surface area contributed by atoms with E-state index in [1.165, 1.54) is 7.11 Å².